The SMILES string of the molecule is Cc1ccc(C(=O)N2CCCC(Oc3ccc(Br)cn3)C2)c(-n2nccn2)n1. The van der Waals surface area contributed by atoms with Gasteiger partial charge in [-0.3, -0.25) is 4.79 Å². The number of carbonyl (C=O) groups excluding carboxylic acids is 1. The molecule has 0 radical (unpaired) electrons. The summed E-state index contributed by atoms with van der Waals surface area (Å²) < 4.78 is 6.87. The van der Waals surface area contributed by atoms with Crippen molar-refractivity contribution in [3.05, 3.63) is 58.6 Å². The molecule has 4 heterocycles. The molecule has 3 aromatic rings. The van der Waals surface area contributed by atoms with Crippen LogP contribution in [0.3, 0.4) is 0 Å². The van der Waals surface area contributed by atoms with Crippen molar-refractivity contribution in [2.75, 3.05) is 13.1 Å². The topological polar surface area (TPSA) is 86.0 Å². The Morgan fingerprint density at radius 2 is 2.04 bits per heavy atom. The summed E-state index contributed by atoms with van der Waals surface area (Å²) in [6.07, 6.45) is 6.46. The molecule has 8 nitrogen and oxygen atoms in total. The molecule has 0 N–H and O–H groups in total. The summed E-state index contributed by atoms with van der Waals surface area (Å²) in [5.41, 5.74) is 1.27. The van der Waals surface area contributed by atoms with E-state index < -0.39 is 0 Å². The number of aryl methyl sites for hydroxylation is 1. The van der Waals surface area contributed by atoms with Gasteiger partial charge >= 0.3 is 0 Å². The minimum atomic E-state index is -0.101. The molecule has 144 valence electrons. The van der Waals surface area contributed by atoms with Crippen molar-refractivity contribution >= 4 is 21.8 Å². The fraction of sp³-hybridized carbons (Fsp3) is 0.316. The van der Waals surface area contributed by atoms with E-state index in [1.807, 2.05) is 25.1 Å². The van der Waals surface area contributed by atoms with Crippen molar-refractivity contribution < 1.29 is 9.53 Å². The van der Waals surface area contributed by atoms with Gasteiger partial charge in [-0.2, -0.15) is 10.2 Å². The predicted octanol–water partition coefficient (Wildman–Crippen LogP) is 2.81. The molecular weight excluding hydrogens is 424 g/mol. The lowest BCUT2D eigenvalue weighted by Crippen LogP contribution is -2.44. The lowest BCUT2D eigenvalue weighted by Gasteiger charge is -2.32. The van der Waals surface area contributed by atoms with Crippen LogP contribution in [0.15, 0.2) is 47.3 Å². The molecule has 1 atom stereocenters. The van der Waals surface area contributed by atoms with Gasteiger partial charge in [0.1, 0.15) is 6.10 Å². The number of hydrogen-bond donors (Lipinski definition) is 0. The summed E-state index contributed by atoms with van der Waals surface area (Å²) in [6, 6.07) is 7.31. The summed E-state index contributed by atoms with van der Waals surface area (Å²) in [6.45, 7) is 3.04. The van der Waals surface area contributed by atoms with Gasteiger partial charge in [-0.15, -0.1) is 4.80 Å². The van der Waals surface area contributed by atoms with Gasteiger partial charge in [0.15, 0.2) is 5.82 Å². The van der Waals surface area contributed by atoms with Gasteiger partial charge in [0.05, 0.1) is 24.5 Å². The Balaban J connectivity index is 1.53. The van der Waals surface area contributed by atoms with Crippen molar-refractivity contribution in [3.63, 3.8) is 0 Å². The second-order valence-electron chi connectivity index (χ2n) is 6.59. The van der Waals surface area contributed by atoms with Crippen LogP contribution >= 0.6 is 15.9 Å². The van der Waals surface area contributed by atoms with E-state index in [0.717, 1.165) is 23.0 Å². The van der Waals surface area contributed by atoms with E-state index in [9.17, 15) is 4.79 Å². The number of aromatic nitrogens is 5. The number of hydrogen-bond acceptors (Lipinski definition) is 6. The van der Waals surface area contributed by atoms with Gasteiger partial charge < -0.3 is 9.64 Å². The Kier molecular flexibility index (Phi) is 5.34. The zero-order valence-corrected chi connectivity index (χ0v) is 16.9. The predicted molar refractivity (Wildman–Crippen MR) is 105 cm³/mol. The molecule has 1 amide bonds. The van der Waals surface area contributed by atoms with Crippen LogP contribution in [-0.4, -0.2) is 55.0 Å². The average molecular weight is 443 g/mol. The number of ether oxygens (including phenoxy) is 1. The van der Waals surface area contributed by atoms with Gasteiger partial charge in [-0.25, -0.2) is 9.97 Å². The van der Waals surface area contributed by atoms with Crippen LogP contribution in [0.4, 0.5) is 0 Å². The number of carbonyl (C=O) groups is 1. The smallest absolute Gasteiger partial charge is 0.257 e. The van der Waals surface area contributed by atoms with Crippen molar-refractivity contribution in [1.29, 1.82) is 0 Å². The first-order chi connectivity index (χ1) is 13.6. The minimum absolute atomic E-state index is 0.100. The fourth-order valence-electron chi connectivity index (χ4n) is 3.18. The molecule has 0 saturated carbocycles. The third kappa shape index (κ3) is 4.04. The van der Waals surface area contributed by atoms with Crippen molar-refractivity contribution in [2.45, 2.75) is 25.9 Å². The number of rotatable bonds is 4. The molecule has 4 rings (SSSR count). The number of nitrogens with zero attached hydrogens (tertiary/aromatic N) is 6. The number of piperidine rings is 1. The molecule has 1 aliphatic rings. The third-order valence-corrected chi connectivity index (χ3v) is 4.98. The highest BCUT2D eigenvalue weighted by atomic mass is 79.9. The second-order valence-corrected chi connectivity index (χ2v) is 7.51. The van der Waals surface area contributed by atoms with Crippen molar-refractivity contribution in [3.8, 4) is 11.7 Å². The number of halogens is 1. The van der Waals surface area contributed by atoms with E-state index >= 15 is 0 Å². The zero-order chi connectivity index (χ0) is 19.5. The van der Waals surface area contributed by atoms with Gasteiger partial charge in [0.25, 0.3) is 5.91 Å². The first-order valence-corrected chi connectivity index (χ1v) is 9.81. The first-order valence-electron chi connectivity index (χ1n) is 9.02. The highest BCUT2D eigenvalue weighted by molar-refractivity contribution is 9.10. The van der Waals surface area contributed by atoms with Crippen LogP contribution in [0.25, 0.3) is 5.82 Å². The highest BCUT2D eigenvalue weighted by Crippen LogP contribution is 2.21. The zero-order valence-electron chi connectivity index (χ0n) is 15.3. The maximum absolute atomic E-state index is 13.2. The largest absolute Gasteiger partial charge is 0.472 e. The standard InChI is InChI=1S/C19H19BrN6O2/c1-13-4-6-16(18(24-13)26-22-8-9-23-26)19(27)25-10-2-3-15(12-25)28-17-7-5-14(20)11-21-17/h4-9,11,15H,2-3,10,12H2,1H3. The number of pyridine rings is 2. The quantitative estimate of drug-likeness (QED) is 0.617. The lowest BCUT2D eigenvalue weighted by molar-refractivity contribution is 0.0527. The van der Waals surface area contributed by atoms with Gasteiger partial charge in [0.2, 0.25) is 5.88 Å². The van der Waals surface area contributed by atoms with Gasteiger partial charge in [-0.05, 0) is 53.9 Å². The molecule has 1 unspecified atom stereocenters. The maximum Gasteiger partial charge on any atom is 0.257 e. The van der Waals surface area contributed by atoms with Crippen molar-refractivity contribution in [2.24, 2.45) is 0 Å². The molecule has 1 aliphatic heterocycles. The van der Waals surface area contributed by atoms with Crippen LogP contribution in [0.5, 0.6) is 5.88 Å². The average Bonchev–Trinajstić information content (AvgIpc) is 3.24. The molecule has 0 bridgehead atoms. The van der Waals surface area contributed by atoms with E-state index in [-0.39, 0.29) is 12.0 Å². The fourth-order valence-corrected chi connectivity index (χ4v) is 3.41. The molecule has 9 heteroatoms. The molecular formula is C19H19BrN6O2. The van der Waals surface area contributed by atoms with Crippen LogP contribution in [-0.2, 0) is 0 Å². The Morgan fingerprint density at radius 3 is 2.79 bits per heavy atom. The van der Waals surface area contributed by atoms with E-state index in [0.29, 0.717) is 30.4 Å². The van der Waals surface area contributed by atoms with Crippen LogP contribution in [0, 0.1) is 6.92 Å². The number of likely N-dealkylation sites (tertiary alicyclic amines) is 1. The normalized spacial score (nSPS) is 16.8. The summed E-state index contributed by atoms with van der Waals surface area (Å²) in [4.78, 5) is 25.1. The maximum atomic E-state index is 13.2. The second kappa shape index (κ2) is 8.05. The molecule has 28 heavy (non-hydrogen) atoms. The first kappa shape index (κ1) is 18.5. The molecule has 1 fully saturated rings. The summed E-state index contributed by atoms with van der Waals surface area (Å²) >= 11 is 3.36. The monoisotopic (exact) mass is 442 g/mol. The van der Waals surface area contributed by atoms with E-state index in [4.69, 9.17) is 4.74 Å². The molecule has 3 aromatic heterocycles. The molecule has 0 spiro atoms. The third-order valence-electron chi connectivity index (χ3n) is 4.51. The van der Waals surface area contributed by atoms with E-state index in [1.165, 1.54) is 4.80 Å². The summed E-state index contributed by atoms with van der Waals surface area (Å²) in [5.74, 6) is 0.894. The van der Waals surface area contributed by atoms with Gasteiger partial charge in [-0.1, -0.05) is 0 Å². The van der Waals surface area contributed by atoms with Crippen LogP contribution in [0.1, 0.15) is 28.9 Å². The van der Waals surface area contributed by atoms with Crippen molar-refractivity contribution in [1.82, 2.24) is 29.9 Å². The Bertz CT molecular complexity index is 961. The van der Waals surface area contributed by atoms with E-state index in [2.05, 4.69) is 36.1 Å². The van der Waals surface area contributed by atoms with Crippen LogP contribution in [0.2, 0.25) is 0 Å². The highest BCUT2D eigenvalue weighted by Gasteiger charge is 2.28. The Morgan fingerprint density at radius 1 is 1.21 bits per heavy atom. The van der Waals surface area contributed by atoms with E-state index in [1.54, 1.807) is 29.6 Å². The summed E-state index contributed by atoms with van der Waals surface area (Å²) in [7, 11) is 0. The Labute approximate surface area is 170 Å². The molecule has 0 aliphatic carbocycles. The minimum Gasteiger partial charge on any atom is -0.472 e. The molecule has 0 aromatic carbocycles. The Hall–Kier alpha value is -2.81. The number of amides is 1. The molecule has 1 saturated heterocycles. The van der Waals surface area contributed by atoms with Gasteiger partial charge in [0, 0.05) is 29.0 Å². The van der Waals surface area contributed by atoms with Crippen LogP contribution < -0.4 is 4.74 Å². The summed E-state index contributed by atoms with van der Waals surface area (Å²) in [5, 5.41) is 8.26. The lowest BCUT2D eigenvalue weighted by atomic mass is 10.1.